The van der Waals surface area contributed by atoms with Gasteiger partial charge < -0.3 is 19.5 Å². The number of benzene rings is 2. The Morgan fingerprint density at radius 1 is 1.20 bits per heavy atom. The average Bonchev–Trinajstić information content (AvgIpc) is 2.77. The van der Waals surface area contributed by atoms with E-state index in [1.165, 1.54) is 32.4 Å². The molecule has 0 saturated heterocycles. The minimum absolute atomic E-state index is 0.0710. The first-order valence-electron chi connectivity index (χ1n) is 9.16. The van der Waals surface area contributed by atoms with Gasteiger partial charge in [0.25, 0.3) is 15.9 Å². The van der Waals surface area contributed by atoms with Gasteiger partial charge in [0.1, 0.15) is 16.4 Å². The van der Waals surface area contributed by atoms with E-state index in [1.54, 1.807) is 31.2 Å². The number of ether oxygens (including phenoxy) is 3. The maximum atomic E-state index is 13.6. The fraction of sp³-hybridized carbons (Fsp3) is 0.300. The predicted octanol–water partition coefficient (Wildman–Crippen LogP) is 1.57. The van der Waals surface area contributed by atoms with Gasteiger partial charge in [-0.05, 0) is 37.3 Å². The summed E-state index contributed by atoms with van der Waals surface area (Å²) in [6.45, 7) is 1.86. The van der Waals surface area contributed by atoms with Gasteiger partial charge in [-0.3, -0.25) is 9.10 Å². The molecule has 1 aliphatic heterocycles. The highest BCUT2D eigenvalue weighted by Gasteiger charge is 2.39. The van der Waals surface area contributed by atoms with E-state index in [9.17, 15) is 18.0 Å². The minimum Gasteiger partial charge on any atom is -0.495 e. The second-order valence-corrected chi connectivity index (χ2v) is 8.19. The summed E-state index contributed by atoms with van der Waals surface area (Å²) in [7, 11) is -1.69. The van der Waals surface area contributed by atoms with Crippen molar-refractivity contribution < 1.29 is 32.2 Å². The van der Waals surface area contributed by atoms with Gasteiger partial charge in [-0.1, -0.05) is 12.1 Å². The molecule has 1 heterocycles. The maximum absolute atomic E-state index is 13.6. The quantitative estimate of drug-likeness (QED) is 0.687. The van der Waals surface area contributed by atoms with Crippen LogP contribution in [0, 0.1) is 0 Å². The molecular weight excluding hydrogens is 412 g/mol. The Kier molecular flexibility index (Phi) is 6.16. The van der Waals surface area contributed by atoms with Crippen molar-refractivity contribution >= 4 is 27.6 Å². The van der Waals surface area contributed by atoms with Crippen molar-refractivity contribution in [3.05, 3.63) is 48.0 Å². The molecule has 0 spiro atoms. The van der Waals surface area contributed by atoms with Crippen LogP contribution in [0.1, 0.15) is 17.3 Å². The van der Waals surface area contributed by atoms with Gasteiger partial charge in [0.15, 0.2) is 0 Å². The molecule has 1 atom stereocenters. The van der Waals surface area contributed by atoms with Crippen LogP contribution >= 0.6 is 0 Å². The second kappa shape index (κ2) is 8.62. The average molecular weight is 434 g/mol. The molecule has 0 aromatic heterocycles. The number of nitrogens with one attached hydrogen (secondary N) is 1. The van der Waals surface area contributed by atoms with Crippen LogP contribution < -0.4 is 19.1 Å². The van der Waals surface area contributed by atoms with E-state index < -0.39 is 28.0 Å². The molecular formula is C20H22N2O7S. The Balaban J connectivity index is 2.13. The number of hydrogen-bond acceptors (Lipinski definition) is 7. The van der Waals surface area contributed by atoms with Gasteiger partial charge in [0, 0.05) is 12.1 Å². The van der Waals surface area contributed by atoms with Gasteiger partial charge in [0.2, 0.25) is 6.10 Å². The first kappa shape index (κ1) is 21.4. The molecule has 2 aromatic rings. The molecule has 1 aliphatic rings. The highest BCUT2D eigenvalue weighted by atomic mass is 32.2. The summed E-state index contributed by atoms with van der Waals surface area (Å²) in [5.41, 5.74) is 0.436. The van der Waals surface area contributed by atoms with E-state index in [-0.39, 0.29) is 34.2 Å². The molecule has 0 saturated carbocycles. The third-order valence-electron chi connectivity index (χ3n) is 4.53. The van der Waals surface area contributed by atoms with E-state index in [0.29, 0.717) is 6.54 Å². The third kappa shape index (κ3) is 3.90. The van der Waals surface area contributed by atoms with Crippen molar-refractivity contribution in [3.63, 3.8) is 0 Å². The van der Waals surface area contributed by atoms with E-state index in [0.717, 1.165) is 4.31 Å². The molecule has 9 nitrogen and oxygen atoms in total. The van der Waals surface area contributed by atoms with Crippen molar-refractivity contribution in [1.29, 1.82) is 0 Å². The number of nitrogens with zero attached hydrogens (tertiary/aromatic N) is 1. The second-order valence-electron chi connectivity index (χ2n) is 6.36. The third-order valence-corrected chi connectivity index (χ3v) is 6.33. The Bertz CT molecular complexity index is 1070. The first-order valence-corrected chi connectivity index (χ1v) is 10.6. The number of carbonyl (C=O) groups is 2. The van der Waals surface area contributed by atoms with Crippen LogP contribution in [0.25, 0.3) is 0 Å². The summed E-state index contributed by atoms with van der Waals surface area (Å²) in [5.74, 6) is -0.817. The summed E-state index contributed by atoms with van der Waals surface area (Å²) < 4.78 is 43.9. The molecule has 10 heteroatoms. The van der Waals surface area contributed by atoms with Gasteiger partial charge in [-0.25, -0.2) is 13.2 Å². The zero-order chi connectivity index (χ0) is 21.9. The summed E-state index contributed by atoms with van der Waals surface area (Å²) in [6.07, 6.45) is -1.14. The lowest BCUT2D eigenvalue weighted by Gasteiger charge is -2.34. The van der Waals surface area contributed by atoms with Gasteiger partial charge in [-0.15, -0.1) is 0 Å². The molecule has 160 valence electrons. The highest BCUT2D eigenvalue weighted by Crippen LogP contribution is 2.39. The van der Waals surface area contributed by atoms with E-state index in [4.69, 9.17) is 14.2 Å². The molecule has 0 bridgehead atoms. The smallest absolute Gasteiger partial charge is 0.348 e. The molecule has 30 heavy (non-hydrogen) atoms. The van der Waals surface area contributed by atoms with E-state index in [2.05, 4.69) is 5.32 Å². The van der Waals surface area contributed by atoms with Gasteiger partial charge in [0.05, 0.1) is 26.5 Å². The minimum atomic E-state index is -4.22. The predicted molar refractivity (Wildman–Crippen MR) is 108 cm³/mol. The summed E-state index contributed by atoms with van der Waals surface area (Å²) in [6, 6.07) is 10.6. The molecule has 3 rings (SSSR count). The number of para-hydroxylation sites is 2. The van der Waals surface area contributed by atoms with Crippen LogP contribution in [0.15, 0.2) is 47.4 Å². The van der Waals surface area contributed by atoms with Crippen molar-refractivity contribution in [1.82, 2.24) is 5.32 Å². The fourth-order valence-corrected chi connectivity index (χ4v) is 4.75. The van der Waals surface area contributed by atoms with Crippen molar-refractivity contribution in [2.24, 2.45) is 0 Å². The first-order chi connectivity index (χ1) is 14.3. The van der Waals surface area contributed by atoms with Crippen LogP contribution in [-0.2, 0) is 19.6 Å². The SMILES string of the molecule is CCNC(=O)c1ccc(OC)c(S(=O)(=O)N2C[C@H](C(=O)OC)Oc3ccccc32)c1. The largest absolute Gasteiger partial charge is 0.495 e. The number of rotatable bonds is 6. The maximum Gasteiger partial charge on any atom is 0.348 e. The Morgan fingerprint density at radius 2 is 1.93 bits per heavy atom. The number of fused-ring (bicyclic) bond motifs is 1. The van der Waals surface area contributed by atoms with Crippen LogP contribution in [0.5, 0.6) is 11.5 Å². The molecule has 2 aromatic carbocycles. The van der Waals surface area contributed by atoms with Crippen molar-refractivity contribution in [2.75, 3.05) is 31.6 Å². The summed E-state index contributed by atoms with van der Waals surface area (Å²) in [5, 5.41) is 2.63. The van der Waals surface area contributed by atoms with Crippen molar-refractivity contribution in [2.45, 2.75) is 17.9 Å². The summed E-state index contributed by atoms with van der Waals surface area (Å²) in [4.78, 5) is 24.1. The lowest BCUT2D eigenvalue weighted by atomic mass is 10.2. The molecule has 1 amide bonds. The number of amides is 1. The molecule has 0 unspecified atom stereocenters. The number of anilines is 1. The Labute approximate surface area is 174 Å². The standard InChI is InChI=1S/C20H22N2O7S/c1-4-21-19(23)13-9-10-16(27-2)18(11-13)30(25,26)22-12-17(20(24)28-3)29-15-8-6-5-7-14(15)22/h5-11,17H,4,12H2,1-3H3,(H,21,23)/t17-/m1/s1. The lowest BCUT2D eigenvalue weighted by molar-refractivity contribution is -0.148. The van der Waals surface area contributed by atoms with Crippen LogP contribution in [0.3, 0.4) is 0 Å². The molecule has 0 aliphatic carbocycles. The van der Waals surface area contributed by atoms with Crippen LogP contribution in [0.2, 0.25) is 0 Å². The Hall–Kier alpha value is -3.27. The number of sulfonamides is 1. The highest BCUT2D eigenvalue weighted by molar-refractivity contribution is 7.93. The number of methoxy groups -OCH3 is 2. The fourth-order valence-electron chi connectivity index (χ4n) is 3.08. The number of hydrogen-bond donors (Lipinski definition) is 1. The zero-order valence-electron chi connectivity index (χ0n) is 16.7. The molecule has 1 N–H and O–H groups in total. The monoisotopic (exact) mass is 434 g/mol. The zero-order valence-corrected chi connectivity index (χ0v) is 17.6. The summed E-state index contributed by atoms with van der Waals surface area (Å²) >= 11 is 0. The van der Waals surface area contributed by atoms with E-state index >= 15 is 0 Å². The van der Waals surface area contributed by atoms with Crippen LogP contribution in [0.4, 0.5) is 5.69 Å². The molecule has 0 fully saturated rings. The topological polar surface area (TPSA) is 111 Å². The van der Waals surface area contributed by atoms with E-state index in [1.807, 2.05) is 0 Å². The number of esters is 1. The number of carbonyl (C=O) groups excluding carboxylic acids is 2. The lowest BCUT2D eigenvalue weighted by Crippen LogP contribution is -2.47. The molecule has 0 radical (unpaired) electrons. The van der Waals surface area contributed by atoms with Crippen LogP contribution in [-0.4, -0.2) is 53.7 Å². The van der Waals surface area contributed by atoms with Gasteiger partial charge in [-0.2, -0.15) is 0 Å². The Morgan fingerprint density at radius 3 is 2.60 bits per heavy atom. The normalized spacial score (nSPS) is 15.6. The van der Waals surface area contributed by atoms with Crippen molar-refractivity contribution in [3.8, 4) is 11.5 Å². The van der Waals surface area contributed by atoms with Gasteiger partial charge >= 0.3 is 5.97 Å².